The molecule has 2 atom stereocenters. The number of piperazine rings is 1. The van der Waals surface area contributed by atoms with Crippen molar-refractivity contribution in [3.63, 3.8) is 0 Å². The fourth-order valence-electron chi connectivity index (χ4n) is 2.25. The molecule has 0 aliphatic carbocycles. The molecule has 0 aromatic carbocycles. The largest absolute Gasteiger partial charge is 0.298 e. The standard InChI is InChI=1S/C12H17Cl2N3O2S/c1-8-6-17(7-9(2)16(8)3)20(18,19)10-4-11(13)12(14)15-5-10/h4-5,8-9H,6-7H2,1-3H3. The molecule has 1 fully saturated rings. The molecule has 0 bridgehead atoms. The first-order valence-electron chi connectivity index (χ1n) is 6.26. The van der Waals surface area contributed by atoms with E-state index in [4.69, 9.17) is 23.2 Å². The van der Waals surface area contributed by atoms with Crippen molar-refractivity contribution in [2.24, 2.45) is 0 Å². The SMILES string of the molecule is CC1CN(S(=O)(=O)c2cnc(Cl)c(Cl)c2)CC(C)N1C. The van der Waals surface area contributed by atoms with Crippen LogP contribution in [0.4, 0.5) is 0 Å². The third kappa shape index (κ3) is 2.94. The molecular weight excluding hydrogens is 321 g/mol. The van der Waals surface area contributed by atoms with Crippen molar-refractivity contribution in [2.75, 3.05) is 20.1 Å². The van der Waals surface area contributed by atoms with Crippen LogP contribution in [0.5, 0.6) is 0 Å². The van der Waals surface area contributed by atoms with Crippen molar-refractivity contribution in [1.82, 2.24) is 14.2 Å². The number of rotatable bonds is 2. The van der Waals surface area contributed by atoms with E-state index in [0.29, 0.717) is 13.1 Å². The minimum absolute atomic E-state index is 0.0795. The summed E-state index contributed by atoms with van der Waals surface area (Å²) in [6.45, 7) is 4.91. The number of hydrogen-bond acceptors (Lipinski definition) is 4. The lowest BCUT2D eigenvalue weighted by Crippen LogP contribution is -2.56. The van der Waals surface area contributed by atoms with Crippen LogP contribution in [-0.4, -0.2) is 54.8 Å². The normalized spacial score (nSPS) is 25.9. The van der Waals surface area contributed by atoms with E-state index in [0.717, 1.165) is 0 Å². The number of aromatic nitrogens is 1. The fourth-order valence-corrected chi connectivity index (χ4v) is 4.16. The second-order valence-electron chi connectivity index (χ2n) is 5.13. The van der Waals surface area contributed by atoms with Crippen LogP contribution >= 0.6 is 23.2 Å². The van der Waals surface area contributed by atoms with E-state index < -0.39 is 10.0 Å². The van der Waals surface area contributed by atoms with Gasteiger partial charge in [0.05, 0.1) is 5.02 Å². The molecule has 1 aromatic rings. The van der Waals surface area contributed by atoms with Crippen molar-refractivity contribution < 1.29 is 8.42 Å². The minimum atomic E-state index is -3.59. The molecule has 2 unspecified atom stereocenters. The van der Waals surface area contributed by atoms with Gasteiger partial charge in [-0.2, -0.15) is 4.31 Å². The molecule has 1 saturated heterocycles. The molecule has 2 rings (SSSR count). The lowest BCUT2D eigenvalue weighted by molar-refractivity contribution is 0.105. The predicted octanol–water partition coefficient (Wildman–Crippen LogP) is 2.10. The summed E-state index contributed by atoms with van der Waals surface area (Å²) in [5, 5.41) is 0.244. The summed E-state index contributed by atoms with van der Waals surface area (Å²) in [7, 11) is -1.59. The second kappa shape index (κ2) is 5.77. The highest BCUT2D eigenvalue weighted by molar-refractivity contribution is 7.89. The van der Waals surface area contributed by atoms with Crippen LogP contribution in [0.2, 0.25) is 10.2 Å². The van der Waals surface area contributed by atoms with Gasteiger partial charge in [0.1, 0.15) is 10.0 Å². The highest BCUT2D eigenvalue weighted by atomic mass is 35.5. The fraction of sp³-hybridized carbons (Fsp3) is 0.583. The zero-order valence-corrected chi connectivity index (χ0v) is 13.9. The Hall–Kier alpha value is -0.400. The van der Waals surface area contributed by atoms with Crippen molar-refractivity contribution in [1.29, 1.82) is 0 Å². The van der Waals surface area contributed by atoms with E-state index in [2.05, 4.69) is 9.88 Å². The van der Waals surface area contributed by atoms with Crippen LogP contribution in [0.1, 0.15) is 13.8 Å². The summed E-state index contributed by atoms with van der Waals surface area (Å²) in [5.41, 5.74) is 0. The highest BCUT2D eigenvalue weighted by Crippen LogP contribution is 2.26. The zero-order chi connectivity index (χ0) is 15.1. The van der Waals surface area contributed by atoms with Gasteiger partial charge in [0.25, 0.3) is 0 Å². The quantitative estimate of drug-likeness (QED) is 0.775. The van der Waals surface area contributed by atoms with E-state index in [1.165, 1.54) is 16.6 Å². The summed E-state index contributed by atoms with van der Waals surface area (Å²) in [5.74, 6) is 0. The molecule has 1 aliphatic rings. The number of likely N-dealkylation sites (N-methyl/N-ethyl adjacent to an activating group) is 1. The van der Waals surface area contributed by atoms with Crippen LogP contribution in [0.15, 0.2) is 17.2 Å². The Morgan fingerprint density at radius 1 is 1.25 bits per heavy atom. The molecular formula is C12H17Cl2N3O2S. The zero-order valence-electron chi connectivity index (χ0n) is 11.5. The van der Waals surface area contributed by atoms with Gasteiger partial charge in [0, 0.05) is 31.4 Å². The van der Waals surface area contributed by atoms with Gasteiger partial charge in [-0.05, 0) is 27.0 Å². The van der Waals surface area contributed by atoms with Gasteiger partial charge in [-0.3, -0.25) is 4.90 Å². The molecule has 0 saturated carbocycles. The Kier molecular flexibility index (Phi) is 4.61. The molecule has 0 spiro atoms. The maximum Gasteiger partial charge on any atom is 0.244 e. The lowest BCUT2D eigenvalue weighted by Gasteiger charge is -2.41. The number of pyridine rings is 1. The van der Waals surface area contributed by atoms with Crippen molar-refractivity contribution in [3.05, 3.63) is 22.4 Å². The number of hydrogen-bond donors (Lipinski definition) is 0. The maximum atomic E-state index is 12.6. The van der Waals surface area contributed by atoms with E-state index in [1.54, 1.807) is 0 Å². The Labute approximate surface area is 129 Å². The monoisotopic (exact) mass is 337 g/mol. The van der Waals surface area contributed by atoms with Gasteiger partial charge in [-0.1, -0.05) is 23.2 Å². The van der Waals surface area contributed by atoms with E-state index in [-0.39, 0.29) is 27.2 Å². The first-order valence-corrected chi connectivity index (χ1v) is 8.46. The summed E-state index contributed by atoms with van der Waals surface area (Å²) in [6, 6.07) is 1.66. The molecule has 2 heterocycles. The first kappa shape index (κ1) is 16.0. The molecule has 0 amide bonds. The molecule has 112 valence electrons. The van der Waals surface area contributed by atoms with Gasteiger partial charge in [0.2, 0.25) is 10.0 Å². The summed E-state index contributed by atoms with van der Waals surface area (Å²) in [6.07, 6.45) is 1.25. The van der Waals surface area contributed by atoms with Crippen LogP contribution < -0.4 is 0 Å². The number of sulfonamides is 1. The van der Waals surface area contributed by atoms with Gasteiger partial charge in [0.15, 0.2) is 0 Å². The van der Waals surface area contributed by atoms with Crippen LogP contribution in [0.25, 0.3) is 0 Å². The summed E-state index contributed by atoms with van der Waals surface area (Å²) in [4.78, 5) is 6.06. The third-order valence-electron chi connectivity index (χ3n) is 3.74. The van der Waals surface area contributed by atoms with Gasteiger partial charge in [-0.15, -0.1) is 0 Å². The highest BCUT2D eigenvalue weighted by Gasteiger charge is 2.34. The number of halogens is 2. The van der Waals surface area contributed by atoms with E-state index in [1.807, 2.05) is 20.9 Å². The van der Waals surface area contributed by atoms with Gasteiger partial charge >= 0.3 is 0 Å². The summed E-state index contributed by atoms with van der Waals surface area (Å²) >= 11 is 11.6. The van der Waals surface area contributed by atoms with Gasteiger partial charge < -0.3 is 0 Å². The lowest BCUT2D eigenvalue weighted by atomic mass is 10.1. The molecule has 0 N–H and O–H groups in total. The second-order valence-corrected chi connectivity index (χ2v) is 7.83. The smallest absolute Gasteiger partial charge is 0.244 e. The maximum absolute atomic E-state index is 12.6. The Balaban J connectivity index is 2.33. The van der Waals surface area contributed by atoms with E-state index >= 15 is 0 Å². The molecule has 1 aromatic heterocycles. The van der Waals surface area contributed by atoms with Crippen LogP contribution in [0, 0.1) is 0 Å². The minimum Gasteiger partial charge on any atom is -0.298 e. The Morgan fingerprint density at radius 2 is 1.80 bits per heavy atom. The molecule has 20 heavy (non-hydrogen) atoms. The summed E-state index contributed by atoms with van der Waals surface area (Å²) < 4.78 is 26.7. The van der Waals surface area contributed by atoms with Crippen LogP contribution in [-0.2, 0) is 10.0 Å². The van der Waals surface area contributed by atoms with Crippen molar-refractivity contribution in [2.45, 2.75) is 30.8 Å². The molecule has 0 radical (unpaired) electrons. The average Bonchev–Trinajstić information content (AvgIpc) is 2.38. The average molecular weight is 338 g/mol. The van der Waals surface area contributed by atoms with E-state index in [9.17, 15) is 8.42 Å². The third-order valence-corrected chi connectivity index (χ3v) is 6.22. The predicted molar refractivity (Wildman–Crippen MR) is 79.7 cm³/mol. The van der Waals surface area contributed by atoms with Crippen molar-refractivity contribution >= 4 is 33.2 Å². The number of nitrogens with zero attached hydrogens (tertiary/aromatic N) is 3. The topological polar surface area (TPSA) is 53.5 Å². The van der Waals surface area contributed by atoms with Crippen LogP contribution in [0.3, 0.4) is 0 Å². The Morgan fingerprint density at radius 3 is 2.30 bits per heavy atom. The molecule has 8 heteroatoms. The Bertz CT molecular complexity index is 597. The molecule has 1 aliphatic heterocycles. The van der Waals surface area contributed by atoms with Gasteiger partial charge in [-0.25, -0.2) is 13.4 Å². The first-order chi connectivity index (χ1) is 9.23. The van der Waals surface area contributed by atoms with Crippen molar-refractivity contribution in [3.8, 4) is 0 Å². The molecule has 5 nitrogen and oxygen atoms in total.